The number of aryl methyl sites for hydroxylation is 2. The quantitative estimate of drug-likeness (QED) is 0.175. The molecule has 2 amide bonds. The largest absolute Gasteiger partial charge is 0.480 e. The van der Waals surface area contributed by atoms with Gasteiger partial charge >= 0.3 is 0 Å². The smallest absolute Gasteiger partial charge is 0.270 e. The third kappa shape index (κ3) is 7.40. The number of carbonyl (C=O) groups excluding carboxylic acids is 2. The average Bonchev–Trinajstić information content (AvgIpc) is 3.92. The van der Waals surface area contributed by atoms with Crippen LogP contribution in [0.1, 0.15) is 54.5 Å². The molecule has 3 aromatic rings. The van der Waals surface area contributed by atoms with Gasteiger partial charge in [-0.1, -0.05) is 19.6 Å². The van der Waals surface area contributed by atoms with Crippen molar-refractivity contribution in [2.45, 2.75) is 91.5 Å². The fourth-order valence-electron chi connectivity index (χ4n) is 6.02. The molecule has 3 aromatic heterocycles. The number of nitrogens with one attached hydrogen (secondary N) is 2. The first kappa shape index (κ1) is 31.9. The molecule has 5 rings (SSSR count). The molecule has 1 unspecified atom stereocenters. The van der Waals surface area contributed by atoms with Crippen molar-refractivity contribution in [1.82, 2.24) is 29.9 Å². The van der Waals surface area contributed by atoms with Crippen molar-refractivity contribution in [3.05, 3.63) is 41.5 Å². The van der Waals surface area contributed by atoms with Crippen LogP contribution < -0.4 is 15.4 Å². The minimum absolute atomic E-state index is 0.0993. The summed E-state index contributed by atoms with van der Waals surface area (Å²) in [6.45, 7) is 14.6. The van der Waals surface area contributed by atoms with E-state index in [1.807, 2.05) is 31.5 Å². The molecule has 11 nitrogen and oxygen atoms in total. The number of rotatable bonds is 15. The Bertz CT molecular complexity index is 1470. The zero-order valence-electron chi connectivity index (χ0n) is 27.1. The Hall–Kier alpha value is -3.51. The molecule has 0 spiro atoms. The summed E-state index contributed by atoms with van der Waals surface area (Å²) in [5.41, 5.74) is 3.98. The van der Waals surface area contributed by atoms with Crippen molar-refractivity contribution in [2.75, 3.05) is 19.0 Å². The number of pyridine rings is 1. The van der Waals surface area contributed by atoms with E-state index < -0.39 is 14.1 Å². The second-order valence-corrected chi connectivity index (χ2v) is 19.0. The van der Waals surface area contributed by atoms with Crippen LogP contribution in [0.5, 0.6) is 5.88 Å². The van der Waals surface area contributed by atoms with E-state index in [0.717, 1.165) is 54.2 Å². The van der Waals surface area contributed by atoms with E-state index in [2.05, 4.69) is 40.4 Å². The lowest BCUT2D eigenvalue weighted by molar-refractivity contribution is -0.119. The number of hydrogen-bond donors (Lipinski definition) is 2. The van der Waals surface area contributed by atoms with E-state index in [4.69, 9.17) is 14.6 Å². The fourth-order valence-corrected chi connectivity index (χ4v) is 6.78. The molecule has 2 fully saturated rings. The molecular weight excluding hydrogens is 574 g/mol. The van der Waals surface area contributed by atoms with Crippen LogP contribution in [-0.4, -0.2) is 64.2 Å². The van der Waals surface area contributed by atoms with E-state index in [1.54, 1.807) is 30.1 Å². The maximum absolute atomic E-state index is 13.9. The molecule has 1 atom stereocenters. The SMILES string of the molecule is CCn1nccc1C(=O)NC(C(=O)Nc1ccc(-c2c(C)nn(COCC[Si](C)(C)C)c2C)c(OC)n1)C(C1CC1)C1CC1. The molecule has 2 aliphatic carbocycles. The summed E-state index contributed by atoms with van der Waals surface area (Å²) in [5.74, 6) is 1.20. The number of ether oxygens (including phenoxy) is 2. The summed E-state index contributed by atoms with van der Waals surface area (Å²) in [6, 6.07) is 5.80. The van der Waals surface area contributed by atoms with Gasteiger partial charge < -0.3 is 20.1 Å². The molecule has 0 bridgehead atoms. The van der Waals surface area contributed by atoms with E-state index in [-0.39, 0.29) is 17.7 Å². The summed E-state index contributed by atoms with van der Waals surface area (Å²) >= 11 is 0. The minimum atomic E-state index is -1.17. The van der Waals surface area contributed by atoms with Gasteiger partial charge in [0.25, 0.3) is 5.91 Å². The molecule has 0 radical (unpaired) electrons. The highest BCUT2D eigenvalue weighted by Crippen LogP contribution is 2.51. The monoisotopic (exact) mass is 621 g/mol. The second-order valence-electron chi connectivity index (χ2n) is 13.4. The van der Waals surface area contributed by atoms with Gasteiger partial charge in [0.15, 0.2) is 0 Å². The number of carbonyl (C=O) groups is 2. The van der Waals surface area contributed by atoms with Crippen LogP contribution in [0.3, 0.4) is 0 Å². The van der Waals surface area contributed by atoms with Gasteiger partial charge in [-0.2, -0.15) is 15.2 Å². The summed E-state index contributed by atoms with van der Waals surface area (Å²) in [5, 5.41) is 15.0. The normalized spacial score (nSPS) is 15.8. The molecule has 0 aliphatic heterocycles. The predicted molar refractivity (Wildman–Crippen MR) is 172 cm³/mol. The topological polar surface area (TPSA) is 125 Å². The molecule has 0 saturated heterocycles. The van der Waals surface area contributed by atoms with Crippen LogP contribution in [0.25, 0.3) is 11.1 Å². The van der Waals surface area contributed by atoms with E-state index in [1.165, 1.54) is 0 Å². The van der Waals surface area contributed by atoms with Crippen LogP contribution in [-0.2, 0) is 22.8 Å². The molecule has 2 saturated carbocycles. The summed E-state index contributed by atoms with van der Waals surface area (Å²) in [4.78, 5) is 31.9. The number of anilines is 1. The molecule has 3 heterocycles. The maximum atomic E-state index is 13.9. The van der Waals surface area contributed by atoms with Gasteiger partial charge in [-0.05, 0) is 88.5 Å². The lowest BCUT2D eigenvalue weighted by Gasteiger charge is -2.27. The van der Waals surface area contributed by atoms with Crippen LogP contribution in [0.4, 0.5) is 5.82 Å². The van der Waals surface area contributed by atoms with Crippen molar-refractivity contribution in [3.63, 3.8) is 0 Å². The number of nitrogens with zero attached hydrogens (tertiary/aromatic N) is 5. The number of hydrogen-bond acceptors (Lipinski definition) is 7. The van der Waals surface area contributed by atoms with Gasteiger partial charge in [-0.3, -0.25) is 14.3 Å². The molecule has 2 N–H and O–H groups in total. The van der Waals surface area contributed by atoms with Gasteiger partial charge in [0.2, 0.25) is 11.8 Å². The lowest BCUT2D eigenvalue weighted by atomic mass is 9.88. The average molecular weight is 622 g/mol. The molecule has 12 heteroatoms. The van der Waals surface area contributed by atoms with Gasteiger partial charge in [0, 0.05) is 44.2 Å². The van der Waals surface area contributed by atoms with Crippen molar-refractivity contribution in [3.8, 4) is 17.0 Å². The summed E-state index contributed by atoms with van der Waals surface area (Å²) in [6.07, 6.45) is 5.96. The Kier molecular flexibility index (Phi) is 9.59. The van der Waals surface area contributed by atoms with Gasteiger partial charge in [0.1, 0.15) is 24.3 Å². The third-order valence-electron chi connectivity index (χ3n) is 8.70. The second kappa shape index (κ2) is 13.2. The maximum Gasteiger partial charge on any atom is 0.270 e. The van der Waals surface area contributed by atoms with Gasteiger partial charge in [0.05, 0.1) is 12.8 Å². The standard InChI is InChI=1S/C32H47N7O4Si/c1-8-38-25(15-16-33-38)30(40)36-29(28(22-9-10-22)23-11-12-23)31(41)34-26-14-13-24(32(35-26)42-4)27-20(2)37-39(21(27)3)19-43-17-18-44(5,6)7/h13-16,22-23,28-29H,8-12,17-19H2,1-7H3,(H,36,40)(H,34,35,41). The van der Waals surface area contributed by atoms with Crippen molar-refractivity contribution in [2.24, 2.45) is 17.8 Å². The summed E-state index contributed by atoms with van der Waals surface area (Å²) in [7, 11) is 0.397. The first-order valence-corrected chi connectivity index (χ1v) is 19.5. The third-order valence-corrected chi connectivity index (χ3v) is 10.4. The molecular formula is C32H47N7O4Si. The van der Waals surface area contributed by atoms with Gasteiger partial charge in [-0.15, -0.1) is 0 Å². The molecule has 0 aromatic carbocycles. The van der Waals surface area contributed by atoms with Crippen molar-refractivity contribution >= 4 is 25.7 Å². The van der Waals surface area contributed by atoms with Crippen LogP contribution in [0.15, 0.2) is 24.4 Å². The zero-order valence-corrected chi connectivity index (χ0v) is 28.1. The van der Waals surface area contributed by atoms with Crippen molar-refractivity contribution in [1.29, 1.82) is 0 Å². The van der Waals surface area contributed by atoms with Crippen LogP contribution in [0, 0.1) is 31.6 Å². The van der Waals surface area contributed by atoms with Crippen LogP contribution in [0.2, 0.25) is 25.7 Å². The number of aromatic nitrogens is 5. The van der Waals surface area contributed by atoms with E-state index >= 15 is 0 Å². The Balaban J connectivity index is 1.34. The molecule has 44 heavy (non-hydrogen) atoms. The van der Waals surface area contributed by atoms with Crippen LogP contribution >= 0.6 is 0 Å². The molecule has 238 valence electrons. The number of amides is 2. The minimum Gasteiger partial charge on any atom is -0.480 e. The lowest BCUT2D eigenvalue weighted by Crippen LogP contribution is -2.50. The highest BCUT2D eigenvalue weighted by molar-refractivity contribution is 6.76. The first-order valence-electron chi connectivity index (χ1n) is 15.8. The van der Waals surface area contributed by atoms with Crippen molar-refractivity contribution < 1.29 is 19.1 Å². The Morgan fingerprint density at radius 3 is 2.39 bits per heavy atom. The van der Waals surface area contributed by atoms with E-state index in [0.29, 0.717) is 49.1 Å². The fraction of sp³-hybridized carbons (Fsp3) is 0.594. The Morgan fingerprint density at radius 1 is 1.07 bits per heavy atom. The Morgan fingerprint density at radius 2 is 1.77 bits per heavy atom. The summed E-state index contributed by atoms with van der Waals surface area (Å²) < 4.78 is 15.2. The highest BCUT2D eigenvalue weighted by atomic mass is 28.3. The Labute approximate surface area is 261 Å². The van der Waals surface area contributed by atoms with Gasteiger partial charge in [-0.25, -0.2) is 4.68 Å². The first-order chi connectivity index (χ1) is 21.0. The van der Waals surface area contributed by atoms with E-state index in [9.17, 15) is 9.59 Å². The number of methoxy groups -OCH3 is 1. The highest BCUT2D eigenvalue weighted by Gasteiger charge is 2.48. The zero-order chi connectivity index (χ0) is 31.6. The predicted octanol–water partition coefficient (Wildman–Crippen LogP) is 5.27. The molecule has 2 aliphatic rings.